The van der Waals surface area contributed by atoms with Gasteiger partial charge in [0.15, 0.2) is 0 Å². The molecule has 0 aliphatic heterocycles. The molecule has 2 rings (SSSR count). The minimum atomic E-state index is -1.46. The van der Waals surface area contributed by atoms with Gasteiger partial charge in [-0.15, -0.1) is 0 Å². The Labute approximate surface area is 113 Å². The molecule has 0 unspecified atom stereocenters. The van der Waals surface area contributed by atoms with Gasteiger partial charge in [0.1, 0.15) is 11.4 Å². The van der Waals surface area contributed by atoms with E-state index in [9.17, 15) is 14.0 Å². The molecule has 2 amide bonds. The maximum absolute atomic E-state index is 13.4. The van der Waals surface area contributed by atoms with Crippen LogP contribution in [0.15, 0.2) is 42.7 Å². The van der Waals surface area contributed by atoms with Crippen LogP contribution in [0.4, 0.5) is 20.6 Å². The molecule has 0 aliphatic carbocycles. The molecule has 0 saturated heterocycles. The second kappa shape index (κ2) is 5.79. The number of carboxylic acids is 1. The van der Waals surface area contributed by atoms with Crippen molar-refractivity contribution in [3.8, 4) is 0 Å². The number of carbonyl (C=O) groups is 2. The van der Waals surface area contributed by atoms with Crippen molar-refractivity contribution in [3.05, 3.63) is 54.1 Å². The Morgan fingerprint density at radius 1 is 1.15 bits per heavy atom. The molecule has 7 heteroatoms. The van der Waals surface area contributed by atoms with Crippen molar-refractivity contribution in [2.24, 2.45) is 0 Å². The van der Waals surface area contributed by atoms with Crippen LogP contribution >= 0.6 is 0 Å². The molecule has 0 spiro atoms. The first-order valence-electron chi connectivity index (χ1n) is 5.58. The summed E-state index contributed by atoms with van der Waals surface area (Å²) in [5.41, 5.74) is -0.286. The average Bonchev–Trinajstić information content (AvgIpc) is 2.39. The lowest BCUT2D eigenvalue weighted by molar-refractivity contribution is 0.0693. The summed E-state index contributed by atoms with van der Waals surface area (Å²) in [5, 5.41) is 13.7. The Kier molecular flexibility index (Phi) is 3.90. The Morgan fingerprint density at radius 2 is 1.95 bits per heavy atom. The van der Waals surface area contributed by atoms with Crippen molar-refractivity contribution in [1.29, 1.82) is 0 Å². The van der Waals surface area contributed by atoms with E-state index in [1.165, 1.54) is 24.5 Å². The summed E-state index contributed by atoms with van der Waals surface area (Å²) in [4.78, 5) is 26.5. The van der Waals surface area contributed by atoms with Gasteiger partial charge in [-0.2, -0.15) is 0 Å². The lowest BCUT2D eigenvalue weighted by atomic mass is 10.1. The summed E-state index contributed by atoms with van der Waals surface area (Å²) >= 11 is 0. The van der Waals surface area contributed by atoms with Gasteiger partial charge in [0, 0.05) is 6.20 Å². The number of rotatable bonds is 3. The Hall–Kier alpha value is -2.96. The van der Waals surface area contributed by atoms with E-state index < -0.39 is 23.4 Å². The van der Waals surface area contributed by atoms with Crippen LogP contribution in [-0.2, 0) is 0 Å². The van der Waals surface area contributed by atoms with Gasteiger partial charge >= 0.3 is 12.0 Å². The van der Waals surface area contributed by atoms with Gasteiger partial charge in [0.05, 0.1) is 17.6 Å². The van der Waals surface area contributed by atoms with E-state index in [0.29, 0.717) is 5.69 Å². The Balaban J connectivity index is 2.16. The maximum atomic E-state index is 13.4. The molecule has 0 atom stereocenters. The molecular formula is C13H10FN3O3. The number of urea groups is 1. The van der Waals surface area contributed by atoms with E-state index in [1.807, 2.05) is 0 Å². The predicted octanol–water partition coefficient (Wildman–Crippen LogP) is 2.56. The van der Waals surface area contributed by atoms with Gasteiger partial charge in [-0.3, -0.25) is 4.98 Å². The van der Waals surface area contributed by atoms with Crippen LogP contribution in [0.25, 0.3) is 0 Å². The third-order valence-electron chi connectivity index (χ3n) is 2.40. The quantitative estimate of drug-likeness (QED) is 0.802. The number of benzene rings is 1. The minimum absolute atomic E-state index is 0.126. The van der Waals surface area contributed by atoms with E-state index in [2.05, 4.69) is 15.6 Å². The van der Waals surface area contributed by atoms with Crippen molar-refractivity contribution >= 4 is 23.4 Å². The van der Waals surface area contributed by atoms with Crippen molar-refractivity contribution in [3.63, 3.8) is 0 Å². The molecule has 1 aromatic heterocycles. The highest BCUT2D eigenvalue weighted by Gasteiger charge is 2.17. The summed E-state index contributed by atoms with van der Waals surface area (Å²) < 4.78 is 13.4. The lowest BCUT2D eigenvalue weighted by Crippen LogP contribution is -2.21. The topological polar surface area (TPSA) is 91.3 Å². The fourth-order valence-corrected chi connectivity index (χ4v) is 1.57. The minimum Gasteiger partial charge on any atom is -0.478 e. The summed E-state index contributed by atoms with van der Waals surface area (Å²) in [6, 6.07) is 6.16. The number of nitrogens with zero attached hydrogens (tertiary/aromatic N) is 1. The van der Waals surface area contributed by atoms with Crippen molar-refractivity contribution in [1.82, 2.24) is 4.98 Å². The average molecular weight is 275 g/mol. The number of nitrogens with one attached hydrogen (secondary N) is 2. The number of carboxylic acid groups (broad SMARTS) is 1. The Bertz CT molecular complexity index is 647. The van der Waals surface area contributed by atoms with Gasteiger partial charge in [0.2, 0.25) is 0 Å². The van der Waals surface area contributed by atoms with Gasteiger partial charge in [-0.05, 0) is 24.3 Å². The van der Waals surface area contributed by atoms with E-state index in [-0.39, 0.29) is 5.69 Å². The highest BCUT2D eigenvalue weighted by molar-refractivity contribution is 6.04. The van der Waals surface area contributed by atoms with Crippen LogP contribution in [0.1, 0.15) is 10.4 Å². The van der Waals surface area contributed by atoms with E-state index >= 15 is 0 Å². The Morgan fingerprint density at radius 3 is 2.60 bits per heavy atom. The number of carbonyl (C=O) groups excluding carboxylic acids is 1. The zero-order chi connectivity index (χ0) is 14.5. The zero-order valence-electron chi connectivity index (χ0n) is 10.1. The second-order valence-electron chi connectivity index (χ2n) is 3.79. The first kappa shape index (κ1) is 13.5. The van der Waals surface area contributed by atoms with Crippen LogP contribution in [-0.4, -0.2) is 22.1 Å². The molecular weight excluding hydrogens is 265 g/mol. The molecule has 0 fully saturated rings. The van der Waals surface area contributed by atoms with Crippen LogP contribution in [0, 0.1) is 5.82 Å². The number of pyridine rings is 1. The summed E-state index contributed by atoms with van der Waals surface area (Å²) in [5.74, 6) is -2.38. The molecule has 102 valence electrons. The number of aromatic nitrogens is 1. The first-order valence-corrected chi connectivity index (χ1v) is 5.58. The molecule has 1 heterocycles. The van der Waals surface area contributed by atoms with Crippen molar-refractivity contribution < 1.29 is 19.1 Å². The molecule has 1 aromatic carbocycles. The van der Waals surface area contributed by atoms with Crippen LogP contribution < -0.4 is 10.6 Å². The fraction of sp³-hybridized carbons (Fsp3) is 0. The monoisotopic (exact) mass is 275 g/mol. The van der Waals surface area contributed by atoms with Gasteiger partial charge < -0.3 is 15.7 Å². The van der Waals surface area contributed by atoms with E-state index in [4.69, 9.17) is 5.11 Å². The van der Waals surface area contributed by atoms with E-state index in [1.54, 1.807) is 12.1 Å². The summed E-state index contributed by atoms with van der Waals surface area (Å²) in [6.45, 7) is 0. The largest absolute Gasteiger partial charge is 0.478 e. The molecule has 2 aromatic rings. The maximum Gasteiger partial charge on any atom is 0.340 e. The molecule has 0 radical (unpaired) electrons. The number of anilines is 2. The van der Waals surface area contributed by atoms with Gasteiger partial charge in [0.25, 0.3) is 0 Å². The SMILES string of the molecule is O=C(Nc1cccnc1)Nc1cccc(F)c1C(=O)O. The highest BCUT2D eigenvalue weighted by atomic mass is 19.1. The second-order valence-corrected chi connectivity index (χ2v) is 3.79. The molecule has 0 bridgehead atoms. The van der Waals surface area contributed by atoms with Gasteiger partial charge in [-0.25, -0.2) is 14.0 Å². The standard InChI is InChI=1S/C13H10FN3O3/c14-9-4-1-5-10(11(9)12(18)19)17-13(20)16-8-3-2-6-15-7-8/h1-7H,(H,18,19)(H2,16,17,20). The van der Waals surface area contributed by atoms with Gasteiger partial charge in [-0.1, -0.05) is 6.07 Å². The van der Waals surface area contributed by atoms with Crippen LogP contribution in [0.5, 0.6) is 0 Å². The number of aromatic carboxylic acids is 1. The third-order valence-corrected chi connectivity index (χ3v) is 2.40. The van der Waals surface area contributed by atoms with Crippen LogP contribution in [0.3, 0.4) is 0 Å². The predicted molar refractivity (Wildman–Crippen MR) is 70.2 cm³/mol. The first-order chi connectivity index (χ1) is 9.58. The van der Waals surface area contributed by atoms with Crippen molar-refractivity contribution in [2.75, 3.05) is 10.6 Å². The molecule has 0 saturated carbocycles. The molecule has 3 N–H and O–H groups in total. The number of amides is 2. The molecule has 20 heavy (non-hydrogen) atoms. The molecule has 6 nitrogen and oxygen atoms in total. The van der Waals surface area contributed by atoms with Crippen molar-refractivity contribution in [2.45, 2.75) is 0 Å². The van der Waals surface area contributed by atoms with Crippen LogP contribution in [0.2, 0.25) is 0 Å². The smallest absolute Gasteiger partial charge is 0.340 e. The zero-order valence-corrected chi connectivity index (χ0v) is 10.1. The third kappa shape index (κ3) is 3.08. The number of hydrogen-bond donors (Lipinski definition) is 3. The fourth-order valence-electron chi connectivity index (χ4n) is 1.57. The number of halogens is 1. The molecule has 0 aliphatic rings. The lowest BCUT2D eigenvalue weighted by Gasteiger charge is -2.10. The number of hydrogen-bond acceptors (Lipinski definition) is 3. The highest BCUT2D eigenvalue weighted by Crippen LogP contribution is 2.19. The van der Waals surface area contributed by atoms with E-state index in [0.717, 1.165) is 6.07 Å². The summed E-state index contributed by atoms with van der Waals surface area (Å²) in [7, 11) is 0. The summed E-state index contributed by atoms with van der Waals surface area (Å²) in [6.07, 6.45) is 2.96. The normalized spacial score (nSPS) is 9.85.